The van der Waals surface area contributed by atoms with E-state index in [1.807, 2.05) is 19.1 Å². The summed E-state index contributed by atoms with van der Waals surface area (Å²) in [5, 5.41) is 8.32. The summed E-state index contributed by atoms with van der Waals surface area (Å²) in [6.45, 7) is 5.47. The van der Waals surface area contributed by atoms with Gasteiger partial charge in [-0.05, 0) is 18.6 Å². The summed E-state index contributed by atoms with van der Waals surface area (Å²) in [7, 11) is 0. The molecule has 0 radical (unpaired) electrons. The van der Waals surface area contributed by atoms with E-state index in [2.05, 4.69) is 11.1 Å². The fourth-order valence-corrected chi connectivity index (χ4v) is 1.21. The van der Waals surface area contributed by atoms with Gasteiger partial charge in [0.05, 0.1) is 19.3 Å². The molecule has 0 atom stereocenters. The molecule has 1 fully saturated rings. The molecule has 3 nitrogen and oxygen atoms in total. The monoisotopic (exact) mass is 178 g/mol. The first kappa shape index (κ1) is 9.82. The molecule has 70 valence electrons. The third kappa shape index (κ3) is 3.77. The van der Waals surface area contributed by atoms with Crippen molar-refractivity contribution in [1.29, 1.82) is 5.26 Å². The molecule has 3 heteroatoms. The lowest BCUT2D eigenvalue weighted by Gasteiger charge is -2.25. The Kier molecular flexibility index (Phi) is 4.07. The summed E-state index contributed by atoms with van der Waals surface area (Å²) in [5.41, 5.74) is 1.10. The van der Waals surface area contributed by atoms with Crippen LogP contribution in [0.5, 0.6) is 0 Å². The van der Waals surface area contributed by atoms with E-state index in [9.17, 15) is 0 Å². The van der Waals surface area contributed by atoms with Gasteiger partial charge in [-0.25, -0.2) is 0 Å². The Balaban J connectivity index is 2.44. The lowest BCUT2D eigenvalue weighted by molar-refractivity contribution is 0.0591. The van der Waals surface area contributed by atoms with E-state index in [-0.39, 0.29) is 0 Å². The molecule has 0 aliphatic carbocycles. The first-order valence-electron chi connectivity index (χ1n) is 4.39. The highest BCUT2D eigenvalue weighted by molar-refractivity contribution is 5.20. The molecule has 0 aromatic heterocycles. The van der Waals surface area contributed by atoms with Crippen LogP contribution in [-0.4, -0.2) is 31.2 Å². The maximum absolute atomic E-state index is 8.32. The van der Waals surface area contributed by atoms with E-state index in [4.69, 9.17) is 10.00 Å². The largest absolute Gasteiger partial charge is 0.378 e. The molecule has 0 N–H and O–H groups in total. The number of ether oxygens (including phenoxy) is 1. The fraction of sp³-hybridized carbons (Fsp3) is 0.500. The van der Waals surface area contributed by atoms with Gasteiger partial charge in [-0.1, -0.05) is 0 Å². The molecular weight excluding hydrogens is 164 g/mol. The van der Waals surface area contributed by atoms with E-state index in [1.165, 1.54) is 6.08 Å². The quantitative estimate of drug-likeness (QED) is 0.472. The molecule has 0 aromatic carbocycles. The molecule has 0 unspecified atom stereocenters. The highest BCUT2D eigenvalue weighted by Crippen LogP contribution is 2.02. The van der Waals surface area contributed by atoms with Gasteiger partial charge in [0.15, 0.2) is 0 Å². The van der Waals surface area contributed by atoms with Crippen molar-refractivity contribution in [2.24, 2.45) is 0 Å². The van der Waals surface area contributed by atoms with Gasteiger partial charge < -0.3 is 9.64 Å². The summed E-state index contributed by atoms with van der Waals surface area (Å²) in [4.78, 5) is 2.21. The third-order valence-electron chi connectivity index (χ3n) is 1.85. The third-order valence-corrected chi connectivity index (χ3v) is 1.85. The number of nitriles is 1. The molecule has 1 aliphatic heterocycles. The number of hydrogen-bond donors (Lipinski definition) is 0. The molecule has 0 aromatic rings. The topological polar surface area (TPSA) is 36.3 Å². The first-order chi connectivity index (χ1) is 6.33. The van der Waals surface area contributed by atoms with Crippen molar-refractivity contribution in [3.05, 3.63) is 23.9 Å². The van der Waals surface area contributed by atoms with Gasteiger partial charge in [0.1, 0.15) is 0 Å². The Morgan fingerprint density at radius 3 is 2.77 bits per heavy atom. The Morgan fingerprint density at radius 1 is 1.46 bits per heavy atom. The van der Waals surface area contributed by atoms with Crippen LogP contribution in [0.3, 0.4) is 0 Å². The van der Waals surface area contributed by atoms with Crippen molar-refractivity contribution in [2.75, 3.05) is 26.3 Å². The molecule has 1 heterocycles. The molecule has 13 heavy (non-hydrogen) atoms. The second-order valence-electron chi connectivity index (χ2n) is 2.98. The minimum atomic E-state index is 0.797. The molecule has 0 amide bonds. The van der Waals surface area contributed by atoms with Gasteiger partial charge >= 0.3 is 0 Å². The lowest BCUT2D eigenvalue weighted by Crippen LogP contribution is -2.32. The van der Waals surface area contributed by atoms with Crippen LogP contribution in [0.1, 0.15) is 6.92 Å². The molecule has 0 saturated carbocycles. The van der Waals surface area contributed by atoms with Crippen molar-refractivity contribution < 1.29 is 4.74 Å². The molecule has 0 bridgehead atoms. The van der Waals surface area contributed by atoms with Crippen LogP contribution < -0.4 is 0 Å². The van der Waals surface area contributed by atoms with Crippen molar-refractivity contribution in [3.8, 4) is 6.07 Å². The maximum atomic E-state index is 8.32. The zero-order valence-corrected chi connectivity index (χ0v) is 7.86. The van der Waals surface area contributed by atoms with Crippen molar-refractivity contribution in [2.45, 2.75) is 6.92 Å². The SMILES string of the molecule is CC(/C=C/C#N)=C\N1CCOCC1. The maximum Gasteiger partial charge on any atom is 0.0912 e. The van der Waals surface area contributed by atoms with Crippen LogP contribution in [-0.2, 0) is 4.74 Å². The van der Waals surface area contributed by atoms with Crippen LogP contribution >= 0.6 is 0 Å². The lowest BCUT2D eigenvalue weighted by atomic mass is 10.3. The summed E-state index contributed by atoms with van der Waals surface area (Å²) in [6.07, 6.45) is 5.37. The Bertz CT molecular complexity index is 244. The van der Waals surface area contributed by atoms with Gasteiger partial charge in [0, 0.05) is 25.4 Å². The average molecular weight is 178 g/mol. The zero-order chi connectivity index (χ0) is 9.52. The summed E-state index contributed by atoms with van der Waals surface area (Å²) >= 11 is 0. The van der Waals surface area contributed by atoms with Crippen LogP contribution in [0.25, 0.3) is 0 Å². The number of allylic oxidation sites excluding steroid dienone is 3. The zero-order valence-electron chi connectivity index (χ0n) is 7.86. The van der Waals surface area contributed by atoms with Crippen LogP contribution in [0.4, 0.5) is 0 Å². The van der Waals surface area contributed by atoms with Crippen LogP contribution in [0.2, 0.25) is 0 Å². The van der Waals surface area contributed by atoms with Gasteiger partial charge in [0.25, 0.3) is 0 Å². The van der Waals surface area contributed by atoms with Gasteiger partial charge in [-0.3, -0.25) is 0 Å². The predicted octanol–water partition coefficient (Wildman–Crippen LogP) is 1.30. The second-order valence-corrected chi connectivity index (χ2v) is 2.98. The number of rotatable bonds is 2. The van der Waals surface area contributed by atoms with Crippen LogP contribution in [0.15, 0.2) is 23.9 Å². The number of nitrogens with zero attached hydrogens (tertiary/aromatic N) is 2. The van der Waals surface area contributed by atoms with E-state index in [0.29, 0.717) is 0 Å². The van der Waals surface area contributed by atoms with E-state index < -0.39 is 0 Å². The second kappa shape index (κ2) is 5.39. The standard InChI is InChI=1S/C10H14N2O/c1-10(3-2-4-11)9-12-5-7-13-8-6-12/h2-3,9H,5-8H2,1H3/b3-2+,10-9+. The molecule has 0 spiro atoms. The summed E-state index contributed by atoms with van der Waals surface area (Å²) in [6, 6.07) is 1.97. The van der Waals surface area contributed by atoms with Crippen LogP contribution in [0, 0.1) is 11.3 Å². The van der Waals surface area contributed by atoms with Gasteiger partial charge in [0.2, 0.25) is 0 Å². The molecule has 1 aliphatic rings. The number of morpholine rings is 1. The predicted molar refractivity (Wildman–Crippen MR) is 50.9 cm³/mol. The summed E-state index contributed by atoms with van der Waals surface area (Å²) in [5.74, 6) is 0. The molecule has 1 saturated heterocycles. The Hall–Kier alpha value is -1.27. The normalized spacial score (nSPS) is 19.1. The highest BCUT2D eigenvalue weighted by atomic mass is 16.5. The van der Waals surface area contributed by atoms with Gasteiger partial charge in [-0.2, -0.15) is 5.26 Å². The summed E-state index contributed by atoms with van der Waals surface area (Å²) < 4.78 is 5.22. The first-order valence-corrected chi connectivity index (χ1v) is 4.39. The smallest absolute Gasteiger partial charge is 0.0912 e. The molecule has 1 rings (SSSR count). The Morgan fingerprint density at radius 2 is 2.15 bits per heavy atom. The van der Waals surface area contributed by atoms with E-state index >= 15 is 0 Å². The minimum absolute atomic E-state index is 0.797. The van der Waals surface area contributed by atoms with Crippen molar-refractivity contribution >= 4 is 0 Å². The Labute approximate surface area is 78.9 Å². The number of hydrogen-bond acceptors (Lipinski definition) is 3. The molecular formula is C10H14N2O. The fourth-order valence-electron chi connectivity index (χ4n) is 1.21. The van der Waals surface area contributed by atoms with Gasteiger partial charge in [-0.15, -0.1) is 0 Å². The van der Waals surface area contributed by atoms with Crippen molar-refractivity contribution in [3.63, 3.8) is 0 Å². The highest BCUT2D eigenvalue weighted by Gasteiger charge is 2.05. The van der Waals surface area contributed by atoms with Crippen molar-refractivity contribution in [1.82, 2.24) is 4.90 Å². The minimum Gasteiger partial charge on any atom is -0.378 e. The average Bonchev–Trinajstić information content (AvgIpc) is 2.16. The van der Waals surface area contributed by atoms with E-state index in [1.54, 1.807) is 0 Å². The van der Waals surface area contributed by atoms with E-state index in [0.717, 1.165) is 31.9 Å².